The minimum atomic E-state index is 0.0139. The second kappa shape index (κ2) is 1.26. The maximum Gasteiger partial charge on any atom is 0.113 e. The van der Waals surface area contributed by atoms with Gasteiger partial charge in [0.25, 0.3) is 0 Å². The average molecular weight is 138 g/mol. The number of hydrogen-bond acceptors (Lipinski definition) is 3. The highest BCUT2D eigenvalue weighted by Crippen LogP contribution is 2.58. The van der Waals surface area contributed by atoms with Gasteiger partial charge in [0.2, 0.25) is 0 Å². The summed E-state index contributed by atoms with van der Waals surface area (Å²) >= 11 is 10.1. The van der Waals surface area contributed by atoms with Crippen molar-refractivity contribution in [3.63, 3.8) is 0 Å². The Hall–Kier alpha value is 1.05. The van der Waals surface area contributed by atoms with E-state index in [1.54, 1.807) is 11.8 Å². The van der Waals surface area contributed by atoms with Crippen LogP contribution in [0.4, 0.5) is 0 Å². The van der Waals surface area contributed by atoms with Crippen LogP contribution in [0.1, 0.15) is 6.92 Å². The molecule has 1 fully saturated rings. The fourth-order valence-electron chi connectivity index (χ4n) is 0.226. The first-order chi connectivity index (χ1) is 2.63. The van der Waals surface area contributed by atoms with E-state index in [1.807, 2.05) is 0 Å². The monoisotopic (exact) mass is 138 g/mol. The van der Waals surface area contributed by atoms with Gasteiger partial charge in [-0.25, -0.2) is 0 Å². The zero-order valence-corrected chi connectivity index (χ0v) is 5.99. The van der Waals surface area contributed by atoms with Gasteiger partial charge >= 0.3 is 0 Å². The molecular weight excluding hydrogens is 132 g/mol. The van der Waals surface area contributed by atoms with Crippen LogP contribution in [0.25, 0.3) is 0 Å². The molecule has 0 saturated carbocycles. The van der Waals surface area contributed by atoms with Gasteiger partial charge in [0.05, 0.1) is 0 Å². The molecule has 1 aliphatic heterocycles. The minimum Gasteiger partial charge on any atom is -0.150 e. The standard InChI is InChI=1S/C3H6S3/c1-2-3(4,5)6-2/h2,4-5H,1H3. The van der Waals surface area contributed by atoms with Crippen molar-refractivity contribution in [2.75, 3.05) is 0 Å². The number of rotatable bonds is 0. The summed E-state index contributed by atoms with van der Waals surface area (Å²) in [6.45, 7) is 2.12. The van der Waals surface area contributed by atoms with E-state index < -0.39 is 0 Å². The Morgan fingerprint density at radius 3 is 1.83 bits per heavy atom. The molecule has 36 valence electrons. The molecule has 0 N–H and O–H groups in total. The van der Waals surface area contributed by atoms with E-state index in [1.165, 1.54) is 0 Å². The molecule has 0 spiro atoms. The van der Waals surface area contributed by atoms with E-state index in [2.05, 4.69) is 32.2 Å². The van der Waals surface area contributed by atoms with E-state index in [9.17, 15) is 0 Å². The van der Waals surface area contributed by atoms with Gasteiger partial charge in [-0.1, -0.05) is 6.92 Å². The van der Waals surface area contributed by atoms with E-state index in [0.717, 1.165) is 0 Å². The van der Waals surface area contributed by atoms with Crippen LogP contribution in [0.15, 0.2) is 0 Å². The molecule has 1 atom stereocenters. The Bertz CT molecular complexity index is 68.4. The first-order valence-electron chi connectivity index (χ1n) is 1.75. The molecule has 0 radical (unpaired) electrons. The SMILES string of the molecule is CC1SC1(S)S. The van der Waals surface area contributed by atoms with Gasteiger partial charge in [-0.2, -0.15) is 25.3 Å². The van der Waals surface area contributed by atoms with Gasteiger partial charge < -0.3 is 0 Å². The molecule has 0 amide bonds. The summed E-state index contributed by atoms with van der Waals surface area (Å²) in [4.78, 5) is 0. The maximum absolute atomic E-state index is 4.16. The average Bonchev–Trinajstić information content (AvgIpc) is 1.73. The molecule has 0 aromatic heterocycles. The molecule has 1 unspecified atom stereocenters. The quantitative estimate of drug-likeness (QED) is 0.291. The summed E-state index contributed by atoms with van der Waals surface area (Å²) in [6.07, 6.45) is 0. The summed E-state index contributed by atoms with van der Waals surface area (Å²) in [5.41, 5.74) is 0. The zero-order chi connectivity index (χ0) is 4.78. The predicted octanol–water partition coefficient (Wildman–Crippen LogP) is 1.64. The first-order valence-corrected chi connectivity index (χ1v) is 3.53. The van der Waals surface area contributed by atoms with E-state index in [-0.39, 0.29) is 3.41 Å². The van der Waals surface area contributed by atoms with Crippen molar-refractivity contribution in [3.05, 3.63) is 0 Å². The Balaban J connectivity index is 2.41. The molecule has 6 heavy (non-hydrogen) atoms. The van der Waals surface area contributed by atoms with Crippen molar-refractivity contribution in [2.45, 2.75) is 15.6 Å². The Morgan fingerprint density at radius 2 is 1.83 bits per heavy atom. The van der Waals surface area contributed by atoms with Crippen molar-refractivity contribution < 1.29 is 0 Å². The number of thiol groups is 2. The van der Waals surface area contributed by atoms with Crippen LogP contribution in [0.5, 0.6) is 0 Å². The van der Waals surface area contributed by atoms with Gasteiger partial charge in [-0.15, -0.1) is 11.8 Å². The molecule has 0 aromatic carbocycles. The van der Waals surface area contributed by atoms with Gasteiger partial charge in [0.1, 0.15) is 3.41 Å². The summed E-state index contributed by atoms with van der Waals surface area (Å²) in [7, 11) is 0. The molecule has 1 heterocycles. The largest absolute Gasteiger partial charge is 0.150 e. The van der Waals surface area contributed by atoms with Gasteiger partial charge in [0, 0.05) is 5.25 Å². The van der Waals surface area contributed by atoms with Crippen LogP contribution in [-0.2, 0) is 0 Å². The van der Waals surface area contributed by atoms with Crippen molar-refractivity contribution in [1.82, 2.24) is 0 Å². The van der Waals surface area contributed by atoms with Crippen LogP contribution in [-0.4, -0.2) is 8.66 Å². The molecule has 0 aliphatic carbocycles. The topological polar surface area (TPSA) is 0 Å². The maximum atomic E-state index is 4.16. The van der Waals surface area contributed by atoms with Crippen molar-refractivity contribution in [1.29, 1.82) is 0 Å². The lowest BCUT2D eigenvalue weighted by atomic mass is 10.6. The molecule has 0 nitrogen and oxygen atoms in total. The third-order valence-corrected chi connectivity index (χ3v) is 3.73. The Kier molecular flexibility index (Phi) is 1.09. The lowest BCUT2D eigenvalue weighted by Crippen LogP contribution is -1.87. The van der Waals surface area contributed by atoms with Crippen molar-refractivity contribution in [3.8, 4) is 0 Å². The normalized spacial score (nSPS) is 39.5. The fraction of sp³-hybridized carbons (Fsp3) is 1.00. The predicted molar refractivity (Wildman–Crippen MR) is 37.8 cm³/mol. The molecule has 0 bridgehead atoms. The zero-order valence-electron chi connectivity index (χ0n) is 3.38. The van der Waals surface area contributed by atoms with Crippen LogP contribution in [0.3, 0.4) is 0 Å². The van der Waals surface area contributed by atoms with Gasteiger partial charge in [0.15, 0.2) is 0 Å². The third kappa shape index (κ3) is 0.820. The van der Waals surface area contributed by atoms with E-state index in [0.29, 0.717) is 5.25 Å². The van der Waals surface area contributed by atoms with Gasteiger partial charge in [-0.3, -0.25) is 0 Å². The second-order valence-electron chi connectivity index (χ2n) is 1.42. The Morgan fingerprint density at radius 1 is 1.67 bits per heavy atom. The molecule has 3 heteroatoms. The van der Waals surface area contributed by atoms with Crippen LogP contribution >= 0.6 is 37.0 Å². The van der Waals surface area contributed by atoms with Crippen molar-refractivity contribution in [2.24, 2.45) is 0 Å². The minimum absolute atomic E-state index is 0.0139. The summed E-state index contributed by atoms with van der Waals surface area (Å²) < 4.78 is 0.0139. The summed E-state index contributed by atoms with van der Waals surface area (Å²) in [6, 6.07) is 0. The molecule has 1 rings (SSSR count). The lowest BCUT2D eigenvalue weighted by molar-refractivity contribution is 1.17. The smallest absolute Gasteiger partial charge is 0.113 e. The highest BCUT2D eigenvalue weighted by Gasteiger charge is 2.45. The van der Waals surface area contributed by atoms with Crippen molar-refractivity contribution >= 4 is 37.0 Å². The van der Waals surface area contributed by atoms with E-state index >= 15 is 0 Å². The van der Waals surface area contributed by atoms with Crippen LogP contribution < -0.4 is 0 Å². The fourth-order valence-corrected chi connectivity index (χ4v) is 1.63. The summed E-state index contributed by atoms with van der Waals surface area (Å²) in [5, 5.41) is 0.643. The number of hydrogen-bond donors (Lipinski definition) is 2. The van der Waals surface area contributed by atoms with E-state index in [4.69, 9.17) is 0 Å². The first kappa shape index (κ1) is 5.19. The highest BCUT2D eigenvalue weighted by atomic mass is 32.2. The third-order valence-electron chi connectivity index (χ3n) is 0.823. The van der Waals surface area contributed by atoms with Crippen LogP contribution in [0, 0.1) is 0 Å². The molecule has 0 aromatic rings. The molecular formula is C3H6S3. The second-order valence-corrected chi connectivity index (χ2v) is 5.37. The molecule has 1 aliphatic rings. The summed E-state index contributed by atoms with van der Waals surface area (Å²) in [5.74, 6) is 0. The molecule has 1 saturated heterocycles. The highest BCUT2D eigenvalue weighted by molar-refractivity contribution is 8.31. The van der Waals surface area contributed by atoms with Gasteiger partial charge in [-0.05, 0) is 0 Å². The number of thioether (sulfide) groups is 1. The van der Waals surface area contributed by atoms with Crippen LogP contribution in [0.2, 0.25) is 0 Å². The Labute approximate surface area is 52.9 Å². The lowest BCUT2D eigenvalue weighted by Gasteiger charge is -1.86.